The largest absolute Gasteiger partial charge is 0.478 e. The maximum atomic E-state index is 11.9. The van der Waals surface area contributed by atoms with Crippen LogP contribution in [0, 0.1) is 0 Å². The lowest BCUT2D eigenvalue weighted by Gasteiger charge is -2.08. The fourth-order valence-electron chi connectivity index (χ4n) is 1.43. The third-order valence-electron chi connectivity index (χ3n) is 2.25. The zero-order chi connectivity index (χ0) is 15.2. The molecule has 0 spiro atoms. The van der Waals surface area contributed by atoms with Crippen LogP contribution in [0.4, 0.5) is 13.2 Å². The molecule has 1 aromatic carbocycles. The van der Waals surface area contributed by atoms with E-state index in [9.17, 15) is 22.2 Å². The van der Waals surface area contributed by atoms with Gasteiger partial charge in [0.25, 0.3) is 0 Å². The highest BCUT2D eigenvalue weighted by Crippen LogP contribution is 2.16. The summed E-state index contributed by atoms with van der Waals surface area (Å²) in [6, 6.07) is 5.82. The molecule has 0 saturated heterocycles. The Morgan fingerprint density at radius 1 is 1.30 bits per heavy atom. The van der Waals surface area contributed by atoms with Gasteiger partial charge < -0.3 is 9.84 Å². The SMILES string of the molecule is O=C(O)c1ccccc1S(=O)CCCOCC(F)(F)F. The summed E-state index contributed by atoms with van der Waals surface area (Å²) < 4.78 is 51.7. The van der Waals surface area contributed by atoms with Crippen molar-refractivity contribution in [3.63, 3.8) is 0 Å². The summed E-state index contributed by atoms with van der Waals surface area (Å²) >= 11 is 0. The Hall–Kier alpha value is -1.41. The van der Waals surface area contributed by atoms with Crippen molar-refractivity contribution in [2.24, 2.45) is 0 Å². The number of hydrogen-bond acceptors (Lipinski definition) is 3. The molecule has 0 heterocycles. The summed E-state index contributed by atoms with van der Waals surface area (Å²) in [6.07, 6.45) is -4.23. The molecule has 0 fully saturated rings. The average Bonchev–Trinajstić information content (AvgIpc) is 2.36. The average molecular weight is 310 g/mol. The van der Waals surface area contributed by atoms with Crippen LogP contribution in [0.25, 0.3) is 0 Å². The number of aromatic carboxylic acids is 1. The zero-order valence-corrected chi connectivity index (χ0v) is 11.2. The van der Waals surface area contributed by atoms with Crippen molar-refractivity contribution in [1.29, 1.82) is 0 Å². The van der Waals surface area contributed by atoms with Crippen molar-refractivity contribution < 1.29 is 32.0 Å². The van der Waals surface area contributed by atoms with E-state index >= 15 is 0 Å². The van der Waals surface area contributed by atoms with E-state index in [2.05, 4.69) is 4.74 Å². The fourth-order valence-corrected chi connectivity index (χ4v) is 2.66. The smallest absolute Gasteiger partial charge is 0.411 e. The minimum Gasteiger partial charge on any atom is -0.478 e. The van der Waals surface area contributed by atoms with E-state index < -0.39 is 29.6 Å². The molecular formula is C12H13F3O4S. The van der Waals surface area contributed by atoms with Crippen molar-refractivity contribution in [2.45, 2.75) is 17.5 Å². The van der Waals surface area contributed by atoms with Gasteiger partial charge in [0, 0.05) is 12.4 Å². The molecule has 1 atom stereocenters. The third-order valence-corrected chi connectivity index (χ3v) is 3.75. The first-order valence-electron chi connectivity index (χ1n) is 5.66. The van der Waals surface area contributed by atoms with Gasteiger partial charge in [-0.2, -0.15) is 13.2 Å². The van der Waals surface area contributed by atoms with Gasteiger partial charge in [-0.1, -0.05) is 12.1 Å². The monoisotopic (exact) mass is 310 g/mol. The molecular weight excluding hydrogens is 297 g/mol. The molecule has 0 aliphatic rings. The second kappa shape index (κ2) is 7.39. The maximum Gasteiger partial charge on any atom is 0.411 e. The predicted molar refractivity (Wildman–Crippen MR) is 66.2 cm³/mol. The maximum absolute atomic E-state index is 11.9. The molecule has 0 saturated carbocycles. The second-order valence-electron chi connectivity index (χ2n) is 3.87. The number of carboxylic acids is 1. The predicted octanol–water partition coefficient (Wildman–Crippen LogP) is 2.46. The number of benzene rings is 1. The van der Waals surface area contributed by atoms with Gasteiger partial charge in [0.1, 0.15) is 6.61 Å². The van der Waals surface area contributed by atoms with Crippen molar-refractivity contribution in [1.82, 2.24) is 0 Å². The van der Waals surface area contributed by atoms with Crippen LogP contribution in [-0.4, -0.2) is 40.4 Å². The lowest BCUT2D eigenvalue weighted by atomic mass is 10.2. The Morgan fingerprint density at radius 3 is 2.55 bits per heavy atom. The number of carboxylic acid groups (broad SMARTS) is 1. The van der Waals surface area contributed by atoms with Crippen molar-refractivity contribution in [3.05, 3.63) is 29.8 Å². The normalized spacial score (nSPS) is 13.2. The van der Waals surface area contributed by atoms with Crippen LogP contribution in [0.15, 0.2) is 29.2 Å². The minimum absolute atomic E-state index is 0.0438. The summed E-state index contributed by atoms with van der Waals surface area (Å²) in [5.74, 6) is -1.15. The van der Waals surface area contributed by atoms with Crippen LogP contribution < -0.4 is 0 Å². The van der Waals surface area contributed by atoms with Crippen LogP contribution in [0.2, 0.25) is 0 Å². The van der Waals surface area contributed by atoms with Crippen LogP contribution >= 0.6 is 0 Å². The fraction of sp³-hybridized carbons (Fsp3) is 0.417. The molecule has 1 unspecified atom stereocenters. The third kappa shape index (κ3) is 5.70. The molecule has 4 nitrogen and oxygen atoms in total. The molecule has 0 aliphatic carbocycles. The van der Waals surface area contributed by atoms with Gasteiger partial charge in [-0.05, 0) is 18.6 Å². The van der Waals surface area contributed by atoms with E-state index in [1.807, 2.05) is 0 Å². The van der Waals surface area contributed by atoms with Crippen LogP contribution in [0.5, 0.6) is 0 Å². The van der Waals surface area contributed by atoms with Gasteiger partial charge in [-0.15, -0.1) is 0 Å². The Kier molecular flexibility index (Phi) is 6.15. The first-order valence-corrected chi connectivity index (χ1v) is 6.98. The highest BCUT2D eigenvalue weighted by molar-refractivity contribution is 7.85. The first-order chi connectivity index (χ1) is 9.31. The summed E-state index contributed by atoms with van der Waals surface area (Å²) in [4.78, 5) is 11.1. The summed E-state index contributed by atoms with van der Waals surface area (Å²) in [7, 11) is -1.58. The number of carbonyl (C=O) groups is 1. The zero-order valence-electron chi connectivity index (χ0n) is 10.4. The minimum atomic E-state index is -4.38. The van der Waals surface area contributed by atoms with Gasteiger partial charge in [0.2, 0.25) is 0 Å². The number of hydrogen-bond donors (Lipinski definition) is 1. The molecule has 1 N–H and O–H groups in total. The lowest BCUT2D eigenvalue weighted by molar-refractivity contribution is -0.173. The van der Waals surface area contributed by atoms with Crippen LogP contribution in [0.1, 0.15) is 16.8 Å². The Morgan fingerprint density at radius 2 is 1.95 bits per heavy atom. The first kappa shape index (κ1) is 16.6. The van der Waals surface area contributed by atoms with Gasteiger partial charge in [0.15, 0.2) is 0 Å². The van der Waals surface area contributed by atoms with Crippen molar-refractivity contribution >= 4 is 16.8 Å². The van der Waals surface area contributed by atoms with E-state index in [-0.39, 0.29) is 29.2 Å². The van der Waals surface area contributed by atoms with E-state index in [0.29, 0.717) is 0 Å². The lowest BCUT2D eigenvalue weighted by Crippen LogP contribution is -2.18. The standard InChI is InChI=1S/C12H13F3O4S/c13-12(14,15)8-19-6-3-7-20(18)10-5-2-1-4-9(10)11(16)17/h1-2,4-5H,3,6-8H2,(H,16,17). The molecule has 1 rings (SSSR count). The number of rotatable bonds is 7. The number of ether oxygens (including phenoxy) is 1. The van der Waals surface area contributed by atoms with Gasteiger partial charge in [-0.25, -0.2) is 4.79 Å². The molecule has 0 amide bonds. The van der Waals surface area contributed by atoms with Crippen LogP contribution in [-0.2, 0) is 15.5 Å². The van der Waals surface area contributed by atoms with Gasteiger partial charge in [0.05, 0.1) is 21.3 Å². The molecule has 0 radical (unpaired) electrons. The van der Waals surface area contributed by atoms with E-state index in [0.717, 1.165) is 0 Å². The number of alkyl halides is 3. The molecule has 8 heteroatoms. The van der Waals surface area contributed by atoms with Gasteiger partial charge in [-0.3, -0.25) is 4.21 Å². The van der Waals surface area contributed by atoms with Crippen molar-refractivity contribution in [3.8, 4) is 0 Å². The summed E-state index contributed by atoms with van der Waals surface area (Å²) in [6.45, 7) is -1.52. The quantitative estimate of drug-likeness (QED) is 0.786. The van der Waals surface area contributed by atoms with E-state index in [1.54, 1.807) is 6.07 Å². The molecule has 0 aromatic heterocycles. The Bertz CT molecular complexity index is 488. The topological polar surface area (TPSA) is 63.6 Å². The van der Waals surface area contributed by atoms with Crippen molar-refractivity contribution in [2.75, 3.05) is 19.0 Å². The second-order valence-corrected chi connectivity index (χ2v) is 5.41. The van der Waals surface area contributed by atoms with Crippen LogP contribution in [0.3, 0.4) is 0 Å². The Labute approximate surface area is 116 Å². The van der Waals surface area contributed by atoms with Gasteiger partial charge >= 0.3 is 12.1 Å². The summed E-state index contributed by atoms with van der Waals surface area (Å²) in [5.41, 5.74) is -0.0676. The van der Waals surface area contributed by atoms with E-state index in [4.69, 9.17) is 5.11 Å². The number of halogens is 3. The Balaban J connectivity index is 2.46. The molecule has 20 heavy (non-hydrogen) atoms. The summed E-state index contributed by atoms with van der Waals surface area (Å²) in [5, 5.41) is 8.93. The molecule has 1 aromatic rings. The highest BCUT2D eigenvalue weighted by atomic mass is 32.2. The molecule has 0 aliphatic heterocycles. The van der Waals surface area contributed by atoms with E-state index in [1.165, 1.54) is 18.2 Å². The molecule has 112 valence electrons. The highest BCUT2D eigenvalue weighted by Gasteiger charge is 2.27. The molecule has 0 bridgehead atoms.